The quantitative estimate of drug-likeness (QED) is 0.701. The number of hydrogen-bond acceptors (Lipinski definition) is 2. The number of aromatic nitrogens is 1. The first kappa shape index (κ1) is 10.6. The second-order valence-electron chi connectivity index (χ2n) is 3.17. The molecule has 1 aromatic heterocycles. The first-order chi connectivity index (χ1) is 6.73. The molecule has 1 aromatic rings. The van der Waals surface area contributed by atoms with Crippen LogP contribution in [0.25, 0.3) is 0 Å². The molecule has 1 fully saturated rings. The van der Waals surface area contributed by atoms with E-state index >= 15 is 0 Å². The molecule has 1 aliphatic carbocycles. The molecule has 0 radical (unpaired) electrons. The van der Waals surface area contributed by atoms with Crippen molar-refractivity contribution in [2.45, 2.75) is 24.9 Å². The van der Waals surface area contributed by atoms with E-state index in [2.05, 4.69) is 4.98 Å². The van der Waals surface area contributed by atoms with Crippen molar-refractivity contribution in [1.29, 1.82) is 0 Å². The molecule has 0 atom stereocenters. The van der Waals surface area contributed by atoms with Crippen molar-refractivity contribution in [2.24, 2.45) is 0 Å². The van der Waals surface area contributed by atoms with Gasteiger partial charge in [-0.2, -0.15) is 0 Å². The van der Waals surface area contributed by atoms with Crippen LogP contribution < -0.4 is 0 Å². The third-order valence-corrected chi connectivity index (χ3v) is 2.32. The zero-order valence-electron chi connectivity index (χ0n) is 7.69. The Morgan fingerprint density at radius 1 is 1.57 bits per heavy atom. The van der Waals surface area contributed by atoms with Crippen molar-refractivity contribution in [3.63, 3.8) is 0 Å². The van der Waals surface area contributed by atoms with Gasteiger partial charge in [-0.15, -0.1) is 0 Å². The number of carbonyl (C=O) groups is 1. The Hall–Kier alpha value is -1.45. The average molecular weight is 197 g/mol. The topological polar surface area (TPSA) is 50.2 Å². The first-order valence-corrected chi connectivity index (χ1v) is 4.40. The largest absolute Gasteiger partial charge is 0.483 e. The van der Waals surface area contributed by atoms with Crippen molar-refractivity contribution in [2.75, 3.05) is 0 Å². The highest BCUT2D eigenvalue weighted by Gasteiger charge is 2.38. The van der Waals surface area contributed by atoms with Gasteiger partial charge >= 0.3 is 0 Å². The fraction of sp³-hybridized carbons (Fsp3) is 0.400. The number of rotatable bonds is 1. The van der Waals surface area contributed by atoms with Crippen LogP contribution in [0.15, 0.2) is 24.5 Å². The van der Waals surface area contributed by atoms with E-state index < -0.39 is 5.67 Å². The number of carboxylic acid groups (broad SMARTS) is 1. The SMILES string of the molecule is FC1(c2cccnc2)CCC1.O=CO. The molecule has 0 aromatic carbocycles. The maximum absolute atomic E-state index is 13.6. The monoisotopic (exact) mass is 197 g/mol. The third-order valence-electron chi connectivity index (χ3n) is 2.32. The zero-order valence-corrected chi connectivity index (χ0v) is 7.69. The molecule has 1 saturated carbocycles. The van der Waals surface area contributed by atoms with Crippen molar-refractivity contribution in [3.8, 4) is 0 Å². The van der Waals surface area contributed by atoms with E-state index in [9.17, 15) is 4.39 Å². The average Bonchev–Trinajstić information content (AvgIpc) is 2.17. The molecule has 0 spiro atoms. The number of nitrogens with zero attached hydrogens (tertiary/aromatic N) is 1. The number of pyridine rings is 1. The van der Waals surface area contributed by atoms with Gasteiger partial charge in [-0.3, -0.25) is 9.78 Å². The van der Waals surface area contributed by atoms with Gasteiger partial charge in [0.2, 0.25) is 0 Å². The zero-order chi connectivity index (χ0) is 10.4. The van der Waals surface area contributed by atoms with Crippen LogP contribution in [0.5, 0.6) is 0 Å². The second-order valence-corrected chi connectivity index (χ2v) is 3.17. The van der Waals surface area contributed by atoms with Crippen LogP contribution in [-0.4, -0.2) is 16.6 Å². The van der Waals surface area contributed by atoms with Gasteiger partial charge in [-0.1, -0.05) is 6.07 Å². The Balaban J connectivity index is 0.000000293. The Kier molecular flexibility index (Phi) is 3.56. The summed E-state index contributed by atoms with van der Waals surface area (Å²) in [6.45, 7) is -0.250. The smallest absolute Gasteiger partial charge is 0.290 e. The van der Waals surface area contributed by atoms with Gasteiger partial charge in [0, 0.05) is 18.0 Å². The maximum atomic E-state index is 13.6. The molecule has 1 aliphatic rings. The predicted octanol–water partition coefficient (Wildman–Crippen LogP) is 2.13. The van der Waals surface area contributed by atoms with Crippen molar-refractivity contribution in [3.05, 3.63) is 30.1 Å². The molecule has 3 nitrogen and oxygen atoms in total. The summed E-state index contributed by atoms with van der Waals surface area (Å²) < 4.78 is 13.6. The molecule has 1 heterocycles. The molecule has 0 bridgehead atoms. The Bertz CT molecular complexity index is 285. The molecule has 76 valence electrons. The minimum Gasteiger partial charge on any atom is -0.483 e. The Morgan fingerprint density at radius 2 is 2.21 bits per heavy atom. The third kappa shape index (κ3) is 2.28. The summed E-state index contributed by atoms with van der Waals surface area (Å²) in [6, 6.07) is 3.60. The lowest BCUT2D eigenvalue weighted by molar-refractivity contribution is -0.122. The minimum absolute atomic E-state index is 0.250. The van der Waals surface area contributed by atoms with E-state index in [-0.39, 0.29) is 6.47 Å². The fourth-order valence-corrected chi connectivity index (χ4v) is 1.40. The van der Waals surface area contributed by atoms with E-state index in [4.69, 9.17) is 9.90 Å². The highest BCUT2D eigenvalue weighted by atomic mass is 19.1. The van der Waals surface area contributed by atoms with Crippen molar-refractivity contribution >= 4 is 6.47 Å². The van der Waals surface area contributed by atoms with Crippen LogP contribution in [0.1, 0.15) is 24.8 Å². The van der Waals surface area contributed by atoms with Gasteiger partial charge in [0.05, 0.1) is 0 Å². The lowest BCUT2D eigenvalue weighted by Gasteiger charge is -2.33. The molecule has 0 aliphatic heterocycles. The standard InChI is InChI=1S/C9H10FN.CH2O2/c10-9(4-2-5-9)8-3-1-6-11-7-8;2-1-3/h1,3,6-7H,2,4-5H2;1H,(H,2,3). The van der Waals surface area contributed by atoms with Crippen LogP contribution in [0.3, 0.4) is 0 Å². The molecule has 4 heteroatoms. The van der Waals surface area contributed by atoms with Gasteiger partial charge in [0.25, 0.3) is 6.47 Å². The number of halogens is 1. The Labute approximate surface area is 81.6 Å². The highest BCUT2D eigenvalue weighted by molar-refractivity contribution is 5.32. The molecule has 0 unspecified atom stereocenters. The van der Waals surface area contributed by atoms with E-state index in [0.29, 0.717) is 12.8 Å². The van der Waals surface area contributed by atoms with Gasteiger partial charge in [0.15, 0.2) is 0 Å². The van der Waals surface area contributed by atoms with E-state index in [1.807, 2.05) is 6.07 Å². The number of hydrogen-bond donors (Lipinski definition) is 1. The van der Waals surface area contributed by atoms with Gasteiger partial charge in [-0.05, 0) is 25.3 Å². The lowest BCUT2D eigenvalue weighted by atomic mass is 9.77. The highest BCUT2D eigenvalue weighted by Crippen LogP contribution is 2.44. The summed E-state index contributed by atoms with van der Waals surface area (Å²) in [5.74, 6) is 0. The molecule has 0 saturated heterocycles. The van der Waals surface area contributed by atoms with Crippen molar-refractivity contribution in [1.82, 2.24) is 4.98 Å². The molecule has 14 heavy (non-hydrogen) atoms. The van der Waals surface area contributed by atoms with Crippen LogP contribution in [0.2, 0.25) is 0 Å². The summed E-state index contributed by atoms with van der Waals surface area (Å²) >= 11 is 0. The summed E-state index contributed by atoms with van der Waals surface area (Å²) in [5, 5.41) is 6.89. The summed E-state index contributed by atoms with van der Waals surface area (Å²) in [6.07, 6.45) is 5.63. The first-order valence-electron chi connectivity index (χ1n) is 4.40. The van der Waals surface area contributed by atoms with Crippen LogP contribution in [0.4, 0.5) is 4.39 Å². The molecule has 1 N–H and O–H groups in total. The number of alkyl halides is 1. The van der Waals surface area contributed by atoms with E-state index in [0.717, 1.165) is 12.0 Å². The molecule has 0 amide bonds. The van der Waals surface area contributed by atoms with Gasteiger partial charge < -0.3 is 5.11 Å². The van der Waals surface area contributed by atoms with Crippen LogP contribution >= 0.6 is 0 Å². The van der Waals surface area contributed by atoms with Gasteiger partial charge in [-0.25, -0.2) is 4.39 Å². The van der Waals surface area contributed by atoms with Crippen LogP contribution in [0, 0.1) is 0 Å². The van der Waals surface area contributed by atoms with E-state index in [1.54, 1.807) is 18.5 Å². The van der Waals surface area contributed by atoms with Crippen molar-refractivity contribution < 1.29 is 14.3 Å². The molecular weight excluding hydrogens is 185 g/mol. The summed E-state index contributed by atoms with van der Waals surface area (Å²) in [5.41, 5.74) is -0.305. The summed E-state index contributed by atoms with van der Waals surface area (Å²) in [4.78, 5) is 12.3. The Morgan fingerprint density at radius 3 is 2.57 bits per heavy atom. The van der Waals surface area contributed by atoms with Crippen LogP contribution in [-0.2, 0) is 10.5 Å². The maximum Gasteiger partial charge on any atom is 0.290 e. The lowest BCUT2D eigenvalue weighted by Crippen LogP contribution is -2.28. The second kappa shape index (κ2) is 4.69. The molecule has 2 rings (SSSR count). The fourth-order valence-electron chi connectivity index (χ4n) is 1.40. The minimum atomic E-state index is -1.05. The molecular formula is C10H12FNO2. The van der Waals surface area contributed by atoms with E-state index in [1.165, 1.54) is 0 Å². The summed E-state index contributed by atoms with van der Waals surface area (Å²) in [7, 11) is 0. The van der Waals surface area contributed by atoms with Gasteiger partial charge in [0.1, 0.15) is 5.67 Å². The predicted molar refractivity (Wildman–Crippen MR) is 49.6 cm³/mol. The normalized spacial score (nSPS) is 17.2.